The molecule has 4 aromatic rings. The summed E-state index contributed by atoms with van der Waals surface area (Å²) >= 11 is 0.889. The van der Waals surface area contributed by atoms with E-state index in [-0.39, 0.29) is 28.2 Å². The molecule has 2 N–H and O–H groups in total. The van der Waals surface area contributed by atoms with E-state index < -0.39 is 29.3 Å². The summed E-state index contributed by atoms with van der Waals surface area (Å²) in [5, 5.41) is 5.36. The molecular weight excluding hydrogens is 536 g/mol. The van der Waals surface area contributed by atoms with Crippen molar-refractivity contribution < 1.29 is 28.7 Å². The number of ether oxygens (including phenoxy) is 2. The van der Waals surface area contributed by atoms with Crippen molar-refractivity contribution in [3.63, 3.8) is 0 Å². The van der Waals surface area contributed by atoms with Crippen LogP contribution in [0.1, 0.15) is 67.3 Å². The van der Waals surface area contributed by atoms with E-state index in [9.17, 15) is 24.0 Å². The maximum atomic E-state index is 13.4. The molecule has 0 saturated heterocycles. The monoisotopic (exact) mass is 562 g/mol. The Labute approximate surface area is 232 Å². The van der Waals surface area contributed by atoms with Gasteiger partial charge in [-0.05, 0) is 76.2 Å². The first-order chi connectivity index (χ1) is 19.1. The maximum Gasteiger partial charge on any atom is 0.338 e. The Morgan fingerprint density at radius 3 is 2.00 bits per heavy atom. The van der Waals surface area contributed by atoms with Crippen LogP contribution in [0.2, 0.25) is 0 Å². The SMILES string of the molecule is CCOC(=O)c1ccc(NC(=O)c2sc3nc(C)cc(=O)n3c2C(=O)Nc2ccc(C(=O)OC(C)C)cc2)cc1. The van der Waals surface area contributed by atoms with E-state index in [0.717, 1.165) is 15.7 Å². The molecule has 0 spiro atoms. The first kappa shape index (κ1) is 28.2. The Balaban J connectivity index is 1.64. The average Bonchev–Trinajstić information content (AvgIpc) is 3.29. The molecule has 0 unspecified atom stereocenters. The van der Waals surface area contributed by atoms with Crippen molar-refractivity contribution in [1.29, 1.82) is 0 Å². The minimum atomic E-state index is -0.723. The fraction of sp³-hybridized carbons (Fsp3) is 0.214. The molecule has 0 saturated carbocycles. The van der Waals surface area contributed by atoms with Gasteiger partial charge in [0.15, 0.2) is 4.96 Å². The standard InChI is InChI=1S/C28H26N4O7S/c1-5-38-26(36)17-6-10-20(11-7-17)31-25(35)23-22(32-21(33)14-16(4)29-28(32)40-23)24(34)30-19-12-8-18(9-13-19)27(37)39-15(2)3/h6-15H,5H2,1-4H3,(H,30,34)(H,31,35). The Kier molecular flexibility index (Phi) is 8.39. The lowest BCUT2D eigenvalue weighted by Crippen LogP contribution is -2.25. The molecule has 0 atom stereocenters. The fourth-order valence-corrected chi connectivity index (χ4v) is 4.77. The number of aryl methyl sites for hydroxylation is 1. The van der Waals surface area contributed by atoms with Gasteiger partial charge in [-0.25, -0.2) is 19.0 Å². The van der Waals surface area contributed by atoms with Crippen LogP contribution in [0.15, 0.2) is 59.4 Å². The molecule has 2 heterocycles. The van der Waals surface area contributed by atoms with E-state index >= 15 is 0 Å². The Morgan fingerprint density at radius 1 is 0.900 bits per heavy atom. The lowest BCUT2D eigenvalue weighted by Gasteiger charge is -2.10. The molecule has 2 aromatic heterocycles. The second-order valence-electron chi connectivity index (χ2n) is 8.87. The van der Waals surface area contributed by atoms with Crippen molar-refractivity contribution in [3.05, 3.63) is 92.3 Å². The number of carbonyl (C=O) groups is 4. The second-order valence-corrected chi connectivity index (χ2v) is 9.85. The molecule has 12 heteroatoms. The number of benzene rings is 2. The van der Waals surface area contributed by atoms with Gasteiger partial charge in [0.1, 0.15) is 10.6 Å². The summed E-state index contributed by atoms with van der Waals surface area (Å²) in [5.74, 6) is -2.36. The third-order valence-corrected chi connectivity index (χ3v) is 6.48. The Bertz CT molecular complexity index is 1660. The first-order valence-corrected chi connectivity index (χ1v) is 13.1. The zero-order valence-corrected chi connectivity index (χ0v) is 23.0. The molecule has 40 heavy (non-hydrogen) atoms. The summed E-state index contributed by atoms with van der Waals surface area (Å²) in [4.78, 5) is 68.1. The maximum absolute atomic E-state index is 13.4. The number of hydrogen-bond acceptors (Lipinski definition) is 9. The van der Waals surface area contributed by atoms with E-state index in [0.29, 0.717) is 28.2 Å². The summed E-state index contributed by atoms with van der Waals surface area (Å²) in [6.45, 7) is 7.05. The van der Waals surface area contributed by atoms with Crippen LogP contribution >= 0.6 is 11.3 Å². The number of rotatable bonds is 8. The lowest BCUT2D eigenvalue weighted by molar-refractivity contribution is 0.0377. The Morgan fingerprint density at radius 2 is 1.45 bits per heavy atom. The normalized spacial score (nSPS) is 10.8. The molecule has 206 valence electrons. The summed E-state index contributed by atoms with van der Waals surface area (Å²) in [6.07, 6.45) is -0.283. The number of fused-ring (bicyclic) bond motifs is 1. The van der Waals surface area contributed by atoms with Crippen LogP contribution in [0, 0.1) is 6.92 Å². The minimum absolute atomic E-state index is 0.0423. The van der Waals surface area contributed by atoms with Gasteiger partial charge in [0, 0.05) is 23.1 Å². The van der Waals surface area contributed by atoms with Gasteiger partial charge in [-0.15, -0.1) is 0 Å². The van der Waals surface area contributed by atoms with Crippen LogP contribution in [0.4, 0.5) is 11.4 Å². The zero-order chi connectivity index (χ0) is 29.0. The predicted molar refractivity (Wildman–Crippen MR) is 149 cm³/mol. The lowest BCUT2D eigenvalue weighted by atomic mass is 10.2. The van der Waals surface area contributed by atoms with E-state index in [4.69, 9.17) is 9.47 Å². The summed E-state index contributed by atoms with van der Waals surface area (Å²) in [6, 6.07) is 13.3. The number of anilines is 2. The molecule has 4 rings (SSSR count). The van der Waals surface area contributed by atoms with E-state index in [2.05, 4.69) is 15.6 Å². The zero-order valence-electron chi connectivity index (χ0n) is 22.1. The highest BCUT2D eigenvalue weighted by molar-refractivity contribution is 7.19. The Hall–Kier alpha value is -4.84. The van der Waals surface area contributed by atoms with Crippen LogP contribution < -0.4 is 16.2 Å². The smallest absolute Gasteiger partial charge is 0.338 e. The van der Waals surface area contributed by atoms with Gasteiger partial charge >= 0.3 is 11.9 Å². The quantitative estimate of drug-likeness (QED) is 0.302. The number of hydrogen-bond donors (Lipinski definition) is 2. The largest absolute Gasteiger partial charge is 0.462 e. The van der Waals surface area contributed by atoms with Crippen LogP contribution in [0.25, 0.3) is 4.96 Å². The molecule has 0 radical (unpaired) electrons. The number of nitrogens with zero attached hydrogens (tertiary/aromatic N) is 2. The van der Waals surface area contributed by atoms with Gasteiger partial charge in [0.05, 0.1) is 23.8 Å². The topological polar surface area (TPSA) is 145 Å². The summed E-state index contributed by atoms with van der Waals surface area (Å²) in [5.41, 5.74) is 1.04. The number of esters is 2. The van der Waals surface area contributed by atoms with E-state index in [1.165, 1.54) is 54.6 Å². The summed E-state index contributed by atoms with van der Waals surface area (Å²) in [7, 11) is 0. The number of amides is 2. The molecule has 0 fully saturated rings. The molecule has 11 nitrogen and oxygen atoms in total. The van der Waals surface area contributed by atoms with Gasteiger partial charge in [0.2, 0.25) is 0 Å². The van der Waals surface area contributed by atoms with Crippen molar-refractivity contribution in [2.45, 2.75) is 33.8 Å². The van der Waals surface area contributed by atoms with E-state index in [1.807, 2.05) is 0 Å². The van der Waals surface area contributed by atoms with E-state index in [1.54, 1.807) is 27.7 Å². The molecule has 2 amide bonds. The van der Waals surface area contributed by atoms with Gasteiger partial charge in [-0.1, -0.05) is 11.3 Å². The molecule has 0 aliphatic carbocycles. The molecular formula is C28H26N4O7S. The van der Waals surface area contributed by atoms with Gasteiger partial charge in [-0.3, -0.25) is 14.4 Å². The number of thiazole rings is 1. The molecule has 0 bridgehead atoms. The van der Waals surface area contributed by atoms with Crippen LogP contribution in [-0.4, -0.2) is 45.8 Å². The highest BCUT2D eigenvalue weighted by Crippen LogP contribution is 2.24. The highest BCUT2D eigenvalue weighted by Gasteiger charge is 2.26. The number of aromatic nitrogens is 2. The van der Waals surface area contributed by atoms with Crippen molar-refractivity contribution in [3.8, 4) is 0 Å². The third-order valence-electron chi connectivity index (χ3n) is 5.44. The second kappa shape index (κ2) is 11.9. The molecule has 0 aliphatic heterocycles. The molecule has 0 aliphatic rings. The van der Waals surface area contributed by atoms with Crippen molar-refractivity contribution in [2.75, 3.05) is 17.2 Å². The highest BCUT2D eigenvalue weighted by atomic mass is 32.1. The minimum Gasteiger partial charge on any atom is -0.462 e. The van der Waals surface area contributed by atoms with Crippen molar-refractivity contribution >= 4 is 51.4 Å². The fourth-order valence-electron chi connectivity index (χ4n) is 3.70. The predicted octanol–water partition coefficient (Wildman–Crippen LogP) is 4.31. The van der Waals surface area contributed by atoms with Gasteiger partial charge in [0.25, 0.3) is 17.4 Å². The third kappa shape index (κ3) is 6.24. The number of carbonyl (C=O) groups excluding carboxylic acids is 4. The summed E-state index contributed by atoms with van der Waals surface area (Å²) < 4.78 is 11.2. The average molecular weight is 563 g/mol. The van der Waals surface area contributed by atoms with Gasteiger partial charge < -0.3 is 20.1 Å². The van der Waals surface area contributed by atoms with Gasteiger partial charge in [-0.2, -0.15) is 0 Å². The van der Waals surface area contributed by atoms with Crippen molar-refractivity contribution in [1.82, 2.24) is 9.38 Å². The molecule has 2 aromatic carbocycles. The number of nitrogens with one attached hydrogen (secondary N) is 2. The first-order valence-electron chi connectivity index (χ1n) is 12.3. The van der Waals surface area contributed by atoms with Crippen LogP contribution in [0.5, 0.6) is 0 Å². The van der Waals surface area contributed by atoms with Crippen LogP contribution in [0.3, 0.4) is 0 Å². The van der Waals surface area contributed by atoms with Crippen molar-refractivity contribution in [2.24, 2.45) is 0 Å². The van der Waals surface area contributed by atoms with Crippen LogP contribution in [-0.2, 0) is 9.47 Å².